The highest BCUT2D eigenvalue weighted by Gasteiger charge is 2.15. The van der Waals surface area contributed by atoms with Crippen LogP contribution >= 0.6 is 0 Å². The van der Waals surface area contributed by atoms with Gasteiger partial charge in [0.05, 0.1) is 11.6 Å². The third kappa shape index (κ3) is 2.38. The molecule has 1 aromatic carbocycles. The molecule has 1 rings (SSSR count). The Morgan fingerprint density at radius 1 is 1.53 bits per heavy atom. The second-order valence-electron chi connectivity index (χ2n) is 3.02. The molecule has 1 amide bonds. The number of rotatable bonds is 2. The van der Waals surface area contributed by atoms with Gasteiger partial charge in [-0.1, -0.05) is 0 Å². The highest BCUT2D eigenvalue weighted by Crippen LogP contribution is 2.23. The van der Waals surface area contributed by atoms with Crippen molar-refractivity contribution in [3.8, 4) is 17.6 Å². The summed E-state index contributed by atoms with van der Waals surface area (Å²) in [4.78, 5) is 12.8. The lowest BCUT2D eigenvalue weighted by Crippen LogP contribution is -2.26. The molecule has 0 atom stereocenters. The molecule has 0 aliphatic rings. The maximum absolute atomic E-state index is 11.6. The highest BCUT2D eigenvalue weighted by atomic mass is 16.3. The Balaban J connectivity index is 2.97. The van der Waals surface area contributed by atoms with Crippen molar-refractivity contribution >= 4 is 5.91 Å². The molecule has 15 heavy (non-hydrogen) atoms. The molecule has 0 aromatic heterocycles. The summed E-state index contributed by atoms with van der Waals surface area (Å²) in [5.74, 6) is -0.883. The lowest BCUT2D eigenvalue weighted by Gasteiger charge is -2.13. The van der Waals surface area contributed by atoms with Crippen LogP contribution in [0.25, 0.3) is 0 Å². The summed E-state index contributed by atoms with van der Waals surface area (Å²) in [7, 11) is 1.46. The largest absolute Gasteiger partial charge is 0.508 e. The van der Waals surface area contributed by atoms with Gasteiger partial charge in [0.15, 0.2) is 0 Å². The van der Waals surface area contributed by atoms with E-state index in [-0.39, 0.29) is 23.6 Å². The van der Waals surface area contributed by atoms with E-state index in [0.29, 0.717) is 0 Å². The minimum Gasteiger partial charge on any atom is -0.508 e. The van der Waals surface area contributed by atoms with Gasteiger partial charge in [0.25, 0.3) is 5.91 Å². The fourth-order valence-electron chi connectivity index (χ4n) is 1.08. The molecule has 5 nitrogen and oxygen atoms in total. The van der Waals surface area contributed by atoms with E-state index in [4.69, 9.17) is 10.4 Å². The summed E-state index contributed by atoms with van der Waals surface area (Å²) < 4.78 is 0. The average Bonchev–Trinajstić information content (AvgIpc) is 2.17. The van der Waals surface area contributed by atoms with Gasteiger partial charge in [-0.25, -0.2) is 0 Å². The second kappa shape index (κ2) is 4.33. The molecule has 0 fully saturated rings. The smallest absolute Gasteiger partial charge is 0.258 e. The van der Waals surface area contributed by atoms with E-state index in [0.717, 1.165) is 6.07 Å². The van der Waals surface area contributed by atoms with Crippen molar-refractivity contribution in [2.24, 2.45) is 0 Å². The van der Waals surface area contributed by atoms with Crippen molar-refractivity contribution in [2.45, 2.75) is 0 Å². The van der Waals surface area contributed by atoms with Crippen LogP contribution in [0.2, 0.25) is 0 Å². The van der Waals surface area contributed by atoms with Gasteiger partial charge >= 0.3 is 0 Å². The summed E-state index contributed by atoms with van der Waals surface area (Å²) in [5.41, 5.74) is 0.0607. The molecule has 0 heterocycles. The number of hydrogen-bond donors (Lipinski definition) is 2. The molecule has 0 aliphatic carbocycles. The minimum atomic E-state index is -0.464. The van der Waals surface area contributed by atoms with Crippen LogP contribution in [0.15, 0.2) is 18.2 Å². The third-order valence-electron chi connectivity index (χ3n) is 1.87. The van der Waals surface area contributed by atoms with Gasteiger partial charge in [-0.2, -0.15) is 5.26 Å². The van der Waals surface area contributed by atoms with Crippen molar-refractivity contribution < 1.29 is 15.0 Å². The number of aromatic hydroxyl groups is 2. The van der Waals surface area contributed by atoms with Crippen LogP contribution in [0, 0.1) is 11.3 Å². The highest BCUT2D eigenvalue weighted by molar-refractivity contribution is 5.96. The first kappa shape index (κ1) is 10.9. The molecule has 0 saturated carbocycles. The van der Waals surface area contributed by atoms with Gasteiger partial charge in [0.2, 0.25) is 0 Å². The molecule has 0 unspecified atom stereocenters. The molecule has 1 aromatic rings. The third-order valence-corrected chi connectivity index (χ3v) is 1.87. The van der Waals surface area contributed by atoms with Crippen LogP contribution in [0.1, 0.15) is 10.4 Å². The number of phenolic OH excluding ortho intramolecular Hbond substituents is 2. The van der Waals surface area contributed by atoms with E-state index in [1.807, 2.05) is 6.07 Å². The Hall–Kier alpha value is -2.22. The number of phenols is 2. The minimum absolute atomic E-state index is 0.0564. The van der Waals surface area contributed by atoms with Crippen molar-refractivity contribution in [1.29, 1.82) is 5.26 Å². The molecule has 0 bridgehead atoms. The van der Waals surface area contributed by atoms with Gasteiger partial charge in [0, 0.05) is 13.1 Å². The number of amides is 1. The average molecular weight is 206 g/mol. The molecule has 0 radical (unpaired) electrons. The van der Waals surface area contributed by atoms with Gasteiger partial charge in [-0.15, -0.1) is 0 Å². The molecule has 2 N–H and O–H groups in total. The van der Waals surface area contributed by atoms with Crippen LogP contribution < -0.4 is 0 Å². The predicted octanol–water partition coefficient (Wildman–Crippen LogP) is 0.693. The van der Waals surface area contributed by atoms with Crippen LogP contribution in [0.3, 0.4) is 0 Å². The Morgan fingerprint density at radius 3 is 2.73 bits per heavy atom. The van der Waals surface area contributed by atoms with E-state index in [9.17, 15) is 9.90 Å². The van der Waals surface area contributed by atoms with Crippen molar-refractivity contribution in [2.75, 3.05) is 13.6 Å². The Morgan fingerprint density at radius 2 is 2.20 bits per heavy atom. The SMILES string of the molecule is CN(CC#N)C(=O)c1ccc(O)cc1O. The summed E-state index contributed by atoms with van der Waals surface area (Å²) >= 11 is 0. The molecule has 0 spiro atoms. The molecule has 78 valence electrons. The van der Waals surface area contributed by atoms with Crippen LogP contribution in [-0.4, -0.2) is 34.6 Å². The van der Waals surface area contributed by atoms with Crippen LogP contribution in [-0.2, 0) is 0 Å². The number of carbonyl (C=O) groups excluding carboxylic acids is 1. The number of carbonyl (C=O) groups is 1. The number of benzene rings is 1. The molecular weight excluding hydrogens is 196 g/mol. The fraction of sp³-hybridized carbons (Fsp3) is 0.200. The molecule has 5 heteroatoms. The molecular formula is C10H10N2O3. The zero-order valence-electron chi connectivity index (χ0n) is 8.14. The lowest BCUT2D eigenvalue weighted by atomic mass is 10.1. The Kier molecular flexibility index (Phi) is 3.13. The van der Waals surface area contributed by atoms with E-state index >= 15 is 0 Å². The van der Waals surface area contributed by atoms with E-state index in [2.05, 4.69) is 0 Å². The summed E-state index contributed by atoms with van der Waals surface area (Å²) in [5, 5.41) is 26.8. The van der Waals surface area contributed by atoms with Crippen LogP contribution in [0.4, 0.5) is 0 Å². The van der Waals surface area contributed by atoms with Gasteiger partial charge in [-0.3, -0.25) is 4.79 Å². The van der Waals surface area contributed by atoms with Gasteiger partial charge in [0.1, 0.15) is 18.0 Å². The summed E-state index contributed by atoms with van der Waals surface area (Å²) in [6.07, 6.45) is 0. The second-order valence-corrected chi connectivity index (χ2v) is 3.02. The van der Waals surface area contributed by atoms with Crippen LogP contribution in [0.5, 0.6) is 11.5 Å². The number of nitrogens with zero attached hydrogens (tertiary/aromatic N) is 2. The van der Waals surface area contributed by atoms with E-state index in [1.165, 1.54) is 24.1 Å². The number of hydrogen-bond acceptors (Lipinski definition) is 4. The Bertz CT molecular complexity index is 423. The maximum Gasteiger partial charge on any atom is 0.258 e. The quantitative estimate of drug-likeness (QED) is 0.697. The zero-order chi connectivity index (χ0) is 11.4. The predicted molar refractivity (Wildman–Crippen MR) is 52.3 cm³/mol. The molecule has 0 saturated heterocycles. The maximum atomic E-state index is 11.6. The van der Waals surface area contributed by atoms with Gasteiger partial charge in [-0.05, 0) is 12.1 Å². The van der Waals surface area contributed by atoms with Crippen molar-refractivity contribution in [3.05, 3.63) is 23.8 Å². The normalized spacial score (nSPS) is 9.33. The molecule has 0 aliphatic heterocycles. The monoisotopic (exact) mass is 206 g/mol. The first-order chi connectivity index (χ1) is 7.06. The standard InChI is InChI=1S/C10H10N2O3/c1-12(5-4-11)10(15)8-3-2-7(13)6-9(8)14/h2-3,6,13-14H,5H2,1H3. The van der Waals surface area contributed by atoms with E-state index in [1.54, 1.807) is 0 Å². The van der Waals surface area contributed by atoms with E-state index < -0.39 is 5.91 Å². The summed E-state index contributed by atoms with van der Waals surface area (Å²) in [6, 6.07) is 5.51. The first-order valence-corrected chi connectivity index (χ1v) is 4.20. The first-order valence-electron chi connectivity index (χ1n) is 4.20. The zero-order valence-corrected chi connectivity index (χ0v) is 8.14. The summed E-state index contributed by atoms with van der Waals surface area (Å²) in [6.45, 7) is -0.0564. The van der Waals surface area contributed by atoms with Crippen molar-refractivity contribution in [1.82, 2.24) is 4.90 Å². The topological polar surface area (TPSA) is 84.6 Å². The van der Waals surface area contributed by atoms with Gasteiger partial charge < -0.3 is 15.1 Å². The fourth-order valence-corrected chi connectivity index (χ4v) is 1.08. The van der Waals surface area contributed by atoms with Crippen molar-refractivity contribution in [3.63, 3.8) is 0 Å². The Labute approximate surface area is 86.8 Å². The number of nitriles is 1. The lowest BCUT2D eigenvalue weighted by molar-refractivity contribution is 0.0809.